The van der Waals surface area contributed by atoms with Crippen molar-refractivity contribution in [3.8, 4) is 0 Å². The summed E-state index contributed by atoms with van der Waals surface area (Å²) >= 11 is 3.30. The molecule has 0 amide bonds. The lowest BCUT2D eigenvalue weighted by atomic mass is 10.3. The van der Waals surface area contributed by atoms with Crippen LogP contribution >= 0.6 is 15.9 Å². The maximum atomic E-state index is 12.2. The smallest absolute Gasteiger partial charge is 0.309 e. The van der Waals surface area contributed by atoms with E-state index in [1.165, 1.54) is 11.6 Å². The maximum Gasteiger partial charge on any atom is 0.332 e. The van der Waals surface area contributed by atoms with Crippen LogP contribution in [-0.4, -0.2) is 18.7 Å². The van der Waals surface area contributed by atoms with Gasteiger partial charge in [-0.2, -0.15) is 0 Å². The van der Waals surface area contributed by atoms with E-state index in [9.17, 15) is 9.59 Å². The van der Waals surface area contributed by atoms with Gasteiger partial charge in [0.05, 0.1) is 0 Å². The molecule has 18 heavy (non-hydrogen) atoms. The van der Waals surface area contributed by atoms with E-state index in [1.807, 2.05) is 6.92 Å². The molecule has 0 bridgehead atoms. The average molecular weight is 313 g/mol. The van der Waals surface area contributed by atoms with Crippen LogP contribution in [0.25, 0.3) is 11.2 Å². The van der Waals surface area contributed by atoms with Crippen molar-refractivity contribution in [2.75, 3.05) is 0 Å². The van der Waals surface area contributed by atoms with Crippen LogP contribution in [0.5, 0.6) is 0 Å². The third-order valence-electron chi connectivity index (χ3n) is 2.73. The van der Waals surface area contributed by atoms with Crippen molar-refractivity contribution in [3.63, 3.8) is 0 Å². The Labute approximate surface area is 111 Å². The van der Waals surface area contributed by atoms with Gasteiger partial charge in [0.2, 0.25) is 0 Å². The molecule has 0 atom stereocenters. The molecule has 0 saturated carbocycles. The molecule has 2 rings (SSSR count). The van der Waals surface area contributed by atoms with Crippen molar-refractivity contribution in [2.24, 2.45) is 14.1 Å². The molecule has 7 heteroatoms. The van der Waals surface area contributed by atoms with E-state index in [-0.39, 0.29) is 11.2 Å². The summed E-state index contributed by atoms with van der Waals surface area (Å²) in [5, 5.41) is 0. The van der Waals surface area contributed by atoms with Crippen LogP contribution in [0.3, 0.4) is 0 Å². The Morgan fingerprint density at radius 2 is 1.94 bits per heavy atom. The van der Waals surface area contributed by atoms with Gasteiger partial charge in [-0.05, 0) is 22.9 Å². The second-order valence-corrected chi connectivity index (χ2v) is 5.01. The summed E-state index contributed by atoms with van der Waals surface area (Å²) in [4.78, 5) is 28.2. The molecule has 96 valence electrons. The number of hydrogen-bond donors (Lipinski definition) is 0. The standard InChI is InChI=1S/C11H13BrN4O2/c1-6(2)5-16-7-8(13-10(16)12)14(3)11(18)15(4)9(7)17/h1,5H2,2-4H3. The molecule has 0 saturated heterocycles. The van der Waals surface area contributed by atoms with Crippen molar-refractivity contribution in [1.29, 1.82) is 0 Å². The van der Waals surface area contributed by atoms with Gasteiger partial charge in [-0.25, -0.2) is 9.78 Å². The minimum Gasteiger partial charge on any atom is -0.309 e. The summed E-state index contributed by atoms with van der Waals surface area (Å²) in [6, 6.07) is 0. The fraction of sp³-hybridized carbons (Fsp3) is 0.364. The molecule has 6 nitrogen and oxygen atoms in total. The van der Waals surface area contributed by atoms with Gasteiger partial charge in [-0.15, -0.1) is 0 Å². The first-order valence-electron chi connectivity index (χ1n) is 5.30. The average Bonchev–Trinajstić information content (AvgIpc) is 2.61. The molecule has 2 aromatic rings. The Morgan fingerprint density at radius 1 is 1.33 bits per heavy atom. The number of aryl methyl sites for hydroxylation is 1. The van der Waals surface area contributed by atoms with Crippen LogP contribution in [0.15, 0.2) is 26.5 Å². The van der Waals surface area contributed by atoms with Crippen LogP contribution in [0, 0.1) is 0 Å². The zero-order valence-corrected chi connectivity index (χ0v) is 12.0. The number of hydrogen-bond acceptors (Lipinski definition) is 3. The largest absolute Gasteiger partial charge is 0.332 e. The van der Waals surface area contributed by atoms with E-state index < -0.39 is 0 Å². The lowest BCUT2D eigenvalue weighted by Crippen LogP contribution is -2.37. The van der Waals surface area contributed by atoms with Crippen molar-refractivity contribution in [3.05, 3.63) is 37.7 Å². The lowest BCUT2D eigenvalue weighted by Gasteiger charge is -2.06. The third-order valence-corrected chi connectivity index (χ3v) is 3.33. The summed E-state index contributed by atoms with van der Waals surface area (Å²) in [6.45, 7) is 6.17. The molecule has 0 aliphatic rings. The second kappa shape index (κ2) is 4.24. The molecule has 2 heterocycles. The molecular weight excluding hydrogens is 300 g/mol. The molecule has 2 aromatic heterocycles. The van der Waals surface area contributed by atoms with Crippen LogP contribution in [0.4, 0.5) is 0 Å². The highest BCUT2D eigenvalue weighted by Gasteiger charge is 2.17. The van der Waals surface area contributed by atoms with E-state index in [0.717, 1.165) is 10.1 Å². The van der Waals surface area contributed by atoms with Gasteiger partial charge < -0.3 is 4.57 Å². The van der Waals surface area contributed by atoms with E-state index in [4.69, 9.17) is 0 Å². The minimum absolute atomic E-state index is 0.354. The lowest BCUT2D eigenvalue weighted by molar-refractivity contribution is 0.701. The van der Waals surface area contributed by atoms with Crippen LogP contribution < -0.4 is 11.2 Å². The fourth-order valence-electron chi connectivity index (χ4n) is 1.83. The van der Waals surface area contributed by atoms with Crippen molar-refractivity contribution < 1.29 is 0 Å². The van der Waals surface area contributed by atoms with Gasteiger partial charge in [0.25, 0.3) is 5.56 Å². The molecule has 0 aliphatic heterocycles. The highest BCUT2D eigenvalue weighted by Crippen LogP contribution is 2.17. The highest BCUT2D eigenvalue weighted by atomic mass is 79.9. The van der Waals surface area contributed by atoms with Crippen LogP contribution in [0.1, 0.15) is 6.92 Å². The number of halogens is 1. The van der Waals surface area contributed by atoms with Crippen LogP contribution in [-0.2, 0) is 20.6 Å². The van der Waals surface area contributed by atoms with Gasteiger partial charge in [0, 0.05) is 20.6 Å². The van der Waals surface area contributed by atoms with Gasteiger partial charge in [0.1, 0.15) is 0 Å². The number of allylic oxidation sites excluding steroid dienone is 1. The highest BCUT2D eigenvalue weighted by molar-refractivity contribution is 9.10. The Hall–Kier alpha value is -1.63. The summed E-state index contributed by atoms with van der Waals surface area (Å²) in [7, 11) is 3.05. The normalized spacial score (nSPS) is 11.1. The van der Waals surface area contributed by atoms with E-state index in [2.05, 4.69) is 27.5 Å². The van der Waals surface area contributed by atoms with Gasteiger partial charge in [-0.3, -0.25) is 13.9 Å². The molecular formula is C11H13BrN4O2. The van der Waals surface area contributed by atoms with Crippen LogP contribution in [0.2, 0.25) is 0 Å². The fourth-order valence-corrected chi connectivity index (χ4v) is 2.30. The summed E-state index contributed by atoms with van der Waals surface area (Å²) < 4.78 is 4.65. The molecule has 0 N–H and O–H groups in total. The molecule has 0 aliphatic carbocycles. The quantitative estimate of drug-likeness (QED) is 0.608. The van der Waals surface area contributed by atoms with E-state index in [1.54, 1.807) is 11.6 Å². The van der Waals surface area contributed by atoms with Gasteiger partial charge in [0.15, 0.2) is 15.9 Å². The Balaban J connectivity index is 2.99. The van der Waals surface area contributed by atoms with Crippen molar-refractivity contribution >= 4 is 27.1 Å². The Bertz CT molecular complexity index is 766. The number of nitrogens with zero attached hydrogens (tertiary/aromatic N) is 4. The first kappa shape index (κ1) is 12.8. The maximum absolute atomic E-state index is 12.2. The van der Waals surface area contributed by atoms with Crippen molar-refractivity contribution in [2.45, 2.75) is 13.5 Å². The predicted molar refractivity (Wildman–Crippen MR) is 72.7 cm³/mol. The summed E-state index contributed by atoms with van der Waals surface area (Å²) in [5.41, 5.74) is 0.920. The molecule has 0 unspecified atom stereocenters. The SMILES string of the molecule is C=C(C)Cn1c(Br)nc2c1c(=O)n(C)c(=O)n2C. The van der Waals surface area contributed by atoms with E-state index in [0.29, 0.717) is 22.4 Å². The van der Waals surface area contributed by atoms with Gasteiger partial charge >= 0.3 is 5.69 Å². The number of aromatic nitrogens is 4. The number of imidazole rings is 1. The monoisotopic (exact) mass is 312 g/mol. The van der Waals surface area contributed by atoms with Gasteiger partial charge in [-0.1, -0.05) is 12.2 Å². The Kier molecular flexibility index (Phi) is 3.02. The zero-order chi connectivity index (χ0) is 13.6. The van der Waals surface area contributed by atoms with Crippen molar-refractivity contribution in [1.82, 2.24) is 18.7 Å². The molecule has 0 spiro atoms. The van der Waals surface area contributed by atoms with E-state index >= 15 is 0 Å². The summed E-state index contributed by atoms with van der Waals surface area (Å²) in [6.07, 6.45) is 0. The summed E-state index contributed by atoms with van der Waals surface area (Å²) in [5.74, 6) is 0. The first-order chi connectivity index (χ1) is 8.34. The minimum atomic E-state index is -0.389. The number of rotatable bonds is 2. The first-order valence-corrected chi connectivity index (χ1v) is 6.10. The topological polar surface area (TPSA) is 61.8 Å². The molecule has 0 radical (unpaired) electrons. The second-order valence-electron chi connectivity index (χ2n) is 4.30. The number of fused-ring (bicyclic) bond motifs is 1. The Morgan fingerprint density at radius 3 is 2.50 bits per heavy atom. The predicted octanol–water partition coefficient (Wildman–Crippen LogP) is 0.772. The zero-order valence-electron chi connectivity index (χ0n) is 10.4. The molecule has 0 aromatic carbocycles. The molecule has 0 fully saturated rings. The third kappa shape index (κ3) is 1.74.